The van der Waals surface area contributed by atoms with Crippen LogP contribution in [0.25, 0.3) is 0 Å². The molecule has 1 aliphatic carbocycles. The fraction of sp³-hybridized carbons (Fsp3) is 0.529. The van der Waals surface area contributed by atoms with Crippen molar-refractivity contribution >= 4 is 11.8 Å². The number of carbonyl (C=O) groups is 2. The fourth-order valence-electron chi connectivity index (χ4n) is 2.04. The highest BCUT2D eigenvalue weighted by Crippen LogP contribution is 2.28. The summed E-state index contributed by atoms with van der Waals surface area (Å²) in [6.45, 7) is 0.503. The predicted molar refractivity (Wildman–Crippen MR) is 87.4 cm³/mol. The van der Waals surface area contributed by atoms with Crippen LogP contribution in [-0.4, -0.2) is 49.8 Å². The number of nitrogens with one attached hydrogen (secondary N) is 2. The first-order valence-corrected chi connectivity index (χ1v) is 8.01. The quantitative estimate of drug-likeness (QED) is 0.568. The smallest absolute Gasteiger partial charge is 0.239 e. The molecule has 7 heteroatoms. The zero-order valence-corrected chi connectivity index (χ0v) is 13.8. The van der Waals surface area contributed by atoms with E-state index < -0.39 is 6.10 Å². The molecule has 132 valence electrons. The summed E-state index contributed by atoms with van der Waals surface area (Å²) in [7, 11) is 1.60. The zero-order valence-electron chi connectivity index (χ0n) is 13.8. The van der Waals surface area contributed by atoms with Crippen molar-refractivity contribution in [3.63, 3.8) is 0 Å². The molecular formula is C17H24N2O5. The molecule has 0 heterocycles. The van der Waals surface area contributed by atoms with Gasteiger partial charge >= 0.3 is 0 Å². The molecular weight excluding hydrogens is 312 g/mol. The number of aliphatic hydroxyl groups excluding tert-OH is 1. The minimum Gasteiger partial charge on any atom is -0.497 e. The van der Waals surface area contributed by atoms with Crippen molar-refractivity contribution in [3.05, 3.63) is 29.8 Å². The molecule has 1 unspecified atom stereocenters. The second-order valence-electron chi connectivity index (χ2n) is 5.81. The molecule has 24 heavy (non-hydrogen) atoms. The van der Waals surface area contributed by atoms with Crippen LogP contribution in [0.5, 0.6) is 5.75 Å². The Hall–Kier alpha value is -2.12. The molecule has 2 amide bonds. The van der Waals surface area contributed by atoms with Gasteiger partial charge in [-0.1, -0.05) is 12.1 Å². The van der Waals surface area contributed by atoms with Crippen LogP contribution in [0.1, 0.15) is 18.4 Å². The van der Waals surface area contributed by atoms with Gasteiger partial charge in [-0.05, 0) is 30.5 Å². The highest BCUT2D eigenvalue weighted by molar-refractivity contribution is 5.86. The number of hydrogen-bond donors (Lipinski definition) is 3. The third-order valence-electron chi connectivity index (χ3n) is 3.64. The van der Waals surface area contributed by atoms with Crippen LogP contribution in [0.4, 0.5) is 0 Å². The van der Waals surface area contributed by atoms with Gasteiger partial charge in [-0.3, -0.25) is 9.59 Å². The molecule has 1 fully saturated rings. The number of ether oxygens (including phenoxy) is 2. The molecule has 2 rings (SSSR count). The summed E-state index contributed by atoms with van der Waals surface area (Å²) in [5, 5.41) is 14.9. The minimum absolute atomic E-state index is 0.0608. The van der Waals surface area contributed by atoms with E-state index >= 15 is 0 Å². The van der Waals surface area contributed by atoms with Gasteiger partial charge in [0.15, 0.2) is 0 Å². The Kier molecular flexibility index (Phi) is 7.02. The summed E-state index contributed by atoms with van der Waals surface area (Å²) in [5.41, 5.74) is 0.967. The van der Waals surface area contributed by atoms with Gasteiger partial charge in [0.25, 0.3) is 0 Å². The summed E-state index contributed by atoms with van der Waals surface area (Å²) >= 11 is 0. The number of carbonyl (C=O) groups excluding carboxylic acids is 2. The Bertz CT molecular complexity index is 542. The normalized spacial score (nSPS) is 14.8. The van der Waals surface area contributed by atoms with E-state index in [1.54, 1.807) is 7.11 Å². The predicted octanol–water partition coefficient (Wildman–Crippen LogP) is 0.215. The average molecular weight is 336 g/mol. The van der Waals surface area contributed by atoms with Gasteiger partial charge in [0.2, 0.25) is 11.8 Å². The molecule has 1 aromatic rings. The van der Waals surface area contributed by atoms with Crippen LogP contribution in [0.15, 0.2) is 24.3 Å². The van der Waals surface area contributed by atoms with Gasteiger partial charge < -0.3 is 25.2 Å². The number of rotatable bonds is 10. The second-order valence-corrected chi connectivity index (χ2v) is 5.81. The van der Waals surface area contributed by atoms with Crippen molar-refractivity contribution in [2.24, 2.45) is 5.92 Å². The molecule has 1 atom stereocenters. The first-order chi connectivity index (χ1) is 11.6. The lowest BCUT2D eigenvalue weighted by Crippen LogP contribution is -2.41. The van der Waals surface area contributed by atoms with E-state index in [2.05, 4.69) is 10.6 Å². The molecule has 0 radical (unpaired) electrons. The molecule has 0 aliphatic heterocycles. The third kappa shape index (κ3) is 6.55. The number of benzene rings is 1. The van der Waals surface area contributed by atoms with Gasteiger partial charge in [-0.25, -0.2) is 0 Å². The van der Waals surface area contributed by atoms with Gasteiger partial charge in [0.05, 0.1) is 33.0 Å². The van der Waals surface area contributed by atoms with Crippen LogP contribution in [-0.2, 0) is 20.9 Å². The highest BCUT2D eigenvalue weighted by Gasteiger charge is 2.29. The van der Waals surface area contributed by atoms with E-state index in [-0.39, 0.29) is 37.4 Å². The average Bonchev–Trinajstić information content (AvgIpc) is 3.43. The fourth-order valence-corrected chi connectivity index (χ4v) is 2.04. The van der Waals surface area contributed by atoms with Crippen molar-refractivity contribution in [3.8, 4) is 5.75 Å². The summed E-state index contributed by atoms with van der Waals surface area (Å²) in [6.07, 6.45) is 1.00. The maximum atomic E-state index is 11.6. The molecule has 0 bridgehead atoms. The van der Waals surface area contributed by atoms with E-state index in [0.717, 1.165) is 24.2 Å². The van der Waals surface area contributed by atoms with Gasteiger partial charge in [0.1, 0.15) is 5.75 Å². The summed E-state index contributed by atoms with van der Waals surface area (Å²) in [5.74, 6) is 0.455. The number of methoxy groups -OCH3 is 1. The summed E-state index contributed by atoms with van der Waals surface area (Å²) in [6, 6.07) is 7.45. The molecule has 1 aliphatic rings. The Labute approximate surface area is 141 Å². The molecule has 3 N–H and O–H groups in total. The van der Waals surface area contributed by atoms with E-state index in [9.17, 15) is 14.7 Å². The van der Waals surface area contributed by atoms with Crippen LogP contribution < -0.4 is 15.4 Å². The Morgan fingerprint density at radius 1 is 1.25 bits per heavy atom. The van der Waals surface area contributed by atoms with Crippen molar-refractivity contribution in [2.75, 3.05) is 26.8 Å². The maximum Gasteiger partial charge on any atom is 0.239 e. The van der Waals surface area contributed by atoms with Crippen LogP contribution in [0, 0.1) is 5.92 Å². The molecule has 0 saturated heterocycles. The Morgan fingerprint density at radius 3 is 2.58 bits per heavy atom. The lowest BCUT2D eigenvalue weighted by molar-refractivity contribution is -0.127. The van der Waals surface area contributed by atoms with Crippen LogP contribution >= 0.6 is 0 Å². The molecule has 7 nitrogen and oxygen atoms in total. The van der Waals surface area contributed by atoms with E-state index in [1.165, 1.54) is 0 Å². The highest BCUT2D eigenvalue weighted by atomic mass is 16.5. The topological polar surface area (TPSA) is 96.9 Å². The lowest BCUT2D eigenvalue weighted by Gasteiger charge is -2.13. The standard InChI is InChI=1S/C17H24N2O5/c1-23-15-6-2-12(3-7-15)10-24-11-14(20)8-18-16(21)9-19-17(22)13-4-5-13/h2-3,6-7,13-14,20H,4-5,8-11H2,1H3,(H,18,21)(H,19,22). The monoisotopic (exact) mass is 336 g/mol. The van der Waals surface area contributed by atoms with Crippen LogP contribution in [0.2, 0.25) is 0 Å². The van der Waals surface area contributed by atoms with E-state index in [1.807, 2.05) is 24.3 Å². The molecule has 0 aromatic heterocycles. The number of aliphatic hydroxyl groups is 1. The van der Waals surface area contributed by atoms with Crippen LogP contribution in [0.3, 0.4) is 0 Å². The summed E-state index contributed by atoms with van der Waals surface area (Å²) in [4.78, 5) is 23.0. The van der Waals surface area contributed by atoms with Crippen molar-refractivity contribution in [2.45, 2.75) is 25.6 Å². The van der Waals surface area contributed by atoms with E-state index in [4.69, 9.17) is 9.47 Å². The number of amides is 2. The van der Waals surface area contributed by atoms with E-state index in [0.29, 0.717) is 6.61 Å². The first kappa shape index (κ1) is 18.2. The first-order valence-electron chi connectivity index (χ1n) is 8.01. The van der Waals surface area contributed by atoms with Crippen molar-refractivity contribution in [1.29, 1.82) is 0 Å². The molecule has 1 saturated carbocycles. The SMILES string of the molecule is COc1ccc(COCC(O)CNC(=O)CNC(=O)C2CC2)cc1. The van der Waals surface area contributed by atoms with Gasteiger partial charge in [-0.2, -0.15) is 0 Å². The molecule has 1 aromatic carbocycles. The van der Waals surface area contributed by atoms with Crippen molar-refractivity contribution < 1.29 is 24.2 Å². The van der Waals surface area contributed by atoms with Crippen molar-refractivity contribution in [1.82, 2.24) is 10.6 Å². The third-order valence-corrected chi connectivity index (χ3v) is 3.64. The van der Waals surface area contributed by atoms with Gasteiger partial charge in [-0.15, -0.1) is 0 Å². The summed E-state index contributed by atoms with van der Waals surface area (Å²) < 4.78 is 10.5. The van der Waals surface area contributed by atoms with Gasteiger partial charge in [0, 0.05) is 12.5 Å². The lowest BCUT2D eigenvalue weighted by atomic mass is 10.2. The second kappa shape index (κ2) is 9.24. The number of hydrogen-bond acceptors (Lipinski definition) is 5. The maximum absolute atomic E-state index is 11.6. The Balaban J connectivity index is 1.54. The zero-order chi connectivity index (χ0) is 17.4. The molecule has 0 spiro atoms. The largest absolute Gasteiger partial charge is 0.497 e. The minimum atomic E-state index is -0.800. The Morgan fingerprint density at radius 2 is 1.96 bits per heavy atom.